The Hall–Kier alpha value is -1.77. The lowest BCUT2D eigenvalue weighted by molar-refractivity contribution is -0.199. The zero-order valence-electron chi connectivity index (χ0n) is 13.9. The molecule has 1 aliphatic rings. The molecule has 0 saturated heterocycles. The molecule has 1 N–H and O–H groups in total. The Kier molecular flexibility index (Phi) is 5.42. The van der Waals surface area contributed by atoms with Crippen molar-refractivity contribution in [1.29, 1.82) is 0 Å². The van der Waals surface area contributed by atoms with Crippen molar-refractivity contribution >= 4 is 29.3 Å². The minimum absolute atomic E-state index is 0.119. The van der Waals surface area contributed by atoms with Gasteiger partial charge in [0.05, 0.1) is 11.4 Å². The summed E-state index contributed by atoms with van der Waals surface area (Å²) in [6.07, 6.45) is 3.16. The molecule has 2 aromatic rings. The predicted octanol–water partition coefficient (Wildman–Crippen LogP) is 4.00. The zero-order chi connectivity index (χ0) is 19.7. The van der Waals surface area contributed by atoms with E-state index >= 15 is 0 Å². The minimum atomic E-state index is -4.13. The molecule has 0 radical (unpaired) electrons. The number of alkyl halides is 5. The van der Waals surface area contributed by atoms with Gasteiger partial charge in [0.2, 0.25) is 0 Å². The first-order valence-corrected chi connectivity index (χ1v) is 8.83. The molecule has 1 aromatic heterocycles. The molecule has 0 spiro atoms. The summed E-state index contributed by atoms with van der Waals surface area (Å²) in [4.78, 5) is 3.05. The van der Waals surface area contributed by atoms with Crippen molar-refractivity contribution in [2.45, 2.75) is 41.6 Å². The zero-order valence-corrected chi connectivity index (χ0v) is 15.4. The van der Waals surface area contributed by atoms with Crippen LogP contribution in [0, 0.1) is 0 Å². The molecule has 27 heavy (non-hydrogen) atoms. The van der Waals surface area contributed by atoms with Gasteiger partial charge in [0.15, 0.2) is 0 Å². The van der Waals surface area contributed by atoms with Crippen LogP contribution in [0.25, 0.3) is 6.08 Å². The maximum atomic E-state index is 13.2. The van der Waals surface area contributed by atoms with E-state index in [0.29, 0.717) is 18.4 Å². The van der Waals surface area contributed by atoms with Gasteiger partial charge in [-0.2, -0.15) is 13.9 Å². The van der Waals surface area contributed by atoms with Gasteiger partial charge in [0, 0.05) is 0 Å². The number of nitrogens with zero attached hydrogens (tertiary/aromatic N) is 3. The lowest BCUT2D eigenvalue weighted by Crippen LogP contribution is -2.43. The topological polar surface area (TPSA) is 60.2 Å². The van der Waals surface area contributed by atoms with E-state index in [2.05, 4.69) is 14.8 Å². The van der Waals surface area contributed by atoms with Gasteiger partial charge in [0.25, 0.3) is 5.63 Å². The number of rotatable bonds is 8. The number of aliphatic hydroxyl groups is 1. The molecular formula is C17H16Cl2F3N3O2. The maximum absolute atomic E-state index is 13.2. The van der Waals surface area contributed by atoms with Crippen LogP contribution in [0.5, 0.6) is 5.75 Å². The van der Waals surface area contributed by atoms with Crippen LogP contribution >= 0.6 is 23.2 Å². The summed E-state index contributed by atoms with van der Waals surface area (Å²) in [5.41, 5.74) is -3.72. The number of aromatic nitrogens is 3. The van der Waals surface area contributed by atoms with E-state index in [1.807, 2.05) is 0 Å². The molecule has 1 aromatic carbocycles. The Labute approximate surface area is 163 Å². The Morgan fingerprint density at radius 2 is 2.00 bits per heavy atom. The van der Waals surface area contributed by atoms with Crippen LogP contribution in [0.3, 0.4) is 0 Å². The molecule has 0 amide bonds. The van der Waals surface area contributed by atoms with Crippen LogP contribution in [-0.4, -0.2) is 42.1 Å². The number of hydrogen-bond acceptors (Lipinski definition) is 4. The van der Waals surface area contributed by atoms with Crippen molar-refractivity contribution in [3.63, 3.8) is 0 Å². The summed E-state index contributed by atoms with van der Waals surface area (Å²) >= 11 is 11.2. The SMILES string of the molecule is OC(/C=C/c1ccc(OC(F)(F)C(F)Cl)cc1)(Cn1cncn1)C1(Cl)CC1. The smallest absolute Gasteiger partial charge is 0.429 e. The fraction of sp³-hybridized carbons (Fsp3) is 0.412. The van der Waals surface area contributed by atoms with Crippen LogP contribution in [0.15, 0.2) is 43.0 Å². The molecule has 10 heteroatoms. The Morgan fingerprint density at radius 1 is 1.33 bits per heavy atom. The van der Waals surface area contributed by atoms with Crippen LogP contribution in [0.2, 0.25) is 0 Å². The summed E-state index contributed by atoms with van der Waals surface area (Å²) < 4.78 is 44.6. The van der Waals surface area contributed by atoms with Gasteiger partial charge in [-0.1, -0.05) is 29.8 Å². The lowest BCUT2D eigenvalue weighted by atomic mass is 9.95. The van der Waals surface area contributed by atoms with Gasteiger partial charge in [-0.05, 0) is 36.6 Å². The number of halogens is 5. The highest BCUT2D eigenvalue weighted by Crippen LogP contribution is 2.52. The molecule has 146 valence electrons. The van der Waals surface area contributed by atoms with Crippen LogP contribution in [0.4, 0.5) is 13.2 Å². The number of hydrogen-bond donors (Lipinski definition) is 1. The van der Waals surface area contributed by atoms with E-state index in [-0.39, 0.29) is 12.3 Å². The summed E-state index contributed by atoms with van der Waals surface area (Å²) in [6.45, 7) is 0.119. The van der Waals surface area contributed by atoms with Crippen molar-refractivity contribution in [1.82, 2.24) is 14.8 Å². The van der Waals surface area contributed by atoms with Gasteiger partial charge in [0.1, 0.15) is 24.0 Å². The first-order valence-electron chi connectivity index (χ1n) is 8.02. The van der Waals surface area contributed by atoms with E-state index in [9.17, 15) is 18.3 Å². The van der Waals surface area contributed by atoms with E-state index in [4.69, 9.17) is 23.2 Å². The largest absolute Gasteiger partial charge is 0.444 e. The number of benzene rings is 1. The van der Waals surface area contributed by atoms with Crippen molar-refractivity contribution in [3.8, 4) is 5.75 Å². The Morgan fingerprint density at radius 3 is 2.52 bits per heavy atom. The van der Waals surface area contributed by atoms with Gasteiger partial charge in [-0.25, -0.2) is 14.1 Å². The second kappa shape index (κ2) is 7.33. The lowest BCUT2D eigenvalue weighted by Gasteiger charge is -2.29. The molecule has 2 atom stereocenters. The van der Waals surface area contributed by atoms with Crippen LogP contribution in [0.1, 0.15) is 18.4 Å². The van der Waals surface area contributed by atoms with Crippen molar-refractivity contribution in [2.75, 3.05) is 0 Å². The second-order valence-electron chi connectivity index (χ2n) is 6.35. The Bertz CT molecular complexity index is 796. The fourth-order valence-electron chi connectivity index (χ4n) is 2.53. The van der Waals surface area contributed by atoms with Crippen LogP contribution < -0.4 is 4.74 Å². The van der Waals surface area contributed by atoms with Crippen molar-refractivity contribution in [2.24, 2.45) is 0 Å². The van der Waals surface area contributed by atoms with Gasteiger partial charge in [-0.3, -0.25) is 0 Å². The van der Waals surface area contributed by atoms with Crippen molar-refractivity contribution in [3.05, 3.63) is 48.6 Å². The van der Waals surface area contributed by atoms with E-state index in [1.165, 1.54) is 41.6 Å². The third-order valence-electron chi connectivity index (χ3n) is 4.27. The Balaban J connectivity index is 1.73. The van der Waals surface area contributed by atoms with Gasteiger partial charge in [-0.15, -0.1) is 11.6 Å². The molecule has 0 bridgehead atoms. The second-order valence-corrected chi connectivity index (χ2v) is 7.46. The standard InChI is InChI=1S/C17H16Cl2F3N3O2/c18-14(20)17(21,22)27-13-3-1-12(2-4-13)5-6-16(26,15(19)7-8-15)9-25-11-23-10-24-25/h1-6,10-11,14,26H,7-9H2/b6-5+. The average Bonchev–Trinajstić information content (AvgIpc) is 3.17. The normalized spacial score (nSPS) is 19.6. The third-order valence-corrected chi connectivity index (χ3v) is 5.23. The molecule has 1 heterocycles. The van der Waals surface area contributed by atoms with Crippen LogP contribution in [-0.2, 0) is 6.54 Å². The highest BCUT2D eigenvalue weighted by Gasteiger charge is 2.56. The first kappa shape index (κ1) is 20.0. The highest BCUT2D eigenvalue weighted by molar-refractivity contribution is 6.27. The molecular weight excluding hydrogens is 406 g/mol. The molecule has 3 rings (SSSR count). The summed E-state index contributed by atoms with van der Waals surface area (Å²) in [5.74, 6) is -0.241. The van der Waals surface area contributed by atoms with Gasteiger partial charge >= 0.3 is 6.11 Å². The minimum Gasteiger partial charge on any atom is -0.429 e. The molecule has 1 fully saturated rings. The van der Waals surface area contributed by atoms with E-state index in [1.54, 1.807) is 12.2 Å². The van der Waals surface area contributed by atoms with Crippen molar-refractivity contribution < 1.29 is 23.0 Å². The summed E-state index contributed by atoms with van der Waals surface area (Å²) in [7, 11) is 0. The average molecular weight is 422 g/mol. The van der Waals surface area contributed by atoms with E-state index in [0.717, 1.165) is 0 Å². The molecule has 2 unspecified atom stereocenters. The molecule has 1 aliphatic carbocycles. The third kappa shape index (κ3) is 4.56. The summed E-state index contributed by atoms with van der Waals surface area (Å²) in [5, 5.41) is 15.0. The molecule has 5 nitrogen and oxygen atoms in total. The predicted molar refractivity (Wildman–Crippen MR) is 94.6 cm³/mol. The monoisotopic (exact) mass is 421 g/mol. The maximum Gasteiger partial charge on any atom is 0.444 e. The first-order chi connectivity index (χ1) is 12.6. The fourth-order valence-corrected chi connectivity index (χ4v) is 2.79. The number of ether oxygens (including phenoxy) is 1. The van der Waals surface area contributed by atoms with E-state index < -0.39 is 22.2 Å². The molecule has 1 saturated carbocycles. The quantitative estimate of drug-likeness (QED) is 0.654. The highest BCUT2D eigenvalue weighted by atomic mass is 35.5. The summed E-state index contributed by atoms with van der Waals surface area (Å²) in [6, 6.07) is 5.45. The molecule has 0 aliphatic heterocycles. The van der Waals surface area contributed by atoms with Gasteiger partial charge < -0.3 is 9.84 Å².